The second kappa shape index (κ2) is 13.2. The highest BCUT2D eigenvalue weighted by Crippen LogP contribution is 2.24. The molecule has 0 radical (unpaired) electrons. The minimum absolute atomic E-state index is 0.0321. The van der Waals surface area contributed by atoms with Gasteiger partial charge in [0.25, 0.3) is 0 Å². The van der Waals surface area contributed by atoms with E-state index in [1.54, 1.807) is 24.1 Å². The molecule has 0 unspecified atom stereocenters. The smallest absolute Gasteiger partial charge is 0.243 e. The van der Waals surface area contributed by atoms with Crippen molar-refractivity contribution in [3.8, 4) is 22.8 Å². The minimum atomic E-state index is -4.05. The molecule has 0 saturated carbocycles. The summed E-state index contributed by atoms with van der Waals surface area (Å²) < 4.78 is 52.2. The van der Waals surface area contributed by atoms with Gasteiger partial charge in [-0.05, 0) is 78.4 Å². The van der Waals surface area contributed by atoms with Crippen LogP contribution in [0.3, 0.4) is 0 Å². The number of carbonyl (C=O) groups excluding carboxylic acids is 1. The maximum absolute atomic E-state index is 13.6. The van der Waals surface area contributed by atoms with Crippen molar-refractivity contribution in [1.82, 2.24) is 19.4 Å². The molecule has 0 spiro atoms. The quantitative estimate of drug-likeness (QED) is 0.269. The van der Waals surface area contributed by atoms with Gasteiger partial charge in [-0.1, -0.05) is 12.1 Å². The number of anilines is 1. The number of sulfonamides is 1. The summed E-state index contributed by atoms with van der Waals surface area (Å²) in [5, 5.41) is 8.76. The Balaban J connectivity index is 1.25. The van der Waals surface area contributed by atoms with Crippen molar-refractivity contribution in [2.75, 3.05) is 51.8 Å². The van der Waals surface area contributed by atoms with E-state index in [4.69, 9.17) is 9.47 Å². The molecule has 1 aromatic heterocycles. The summed E-state index contributed by atoms with van der Waals surface area (Å²) in [5.74, 6) is 1.22. The highest BCUT2D eigenvalue weighted by Gasteiger charge is 2.30. The van der Waals surface area contributed by atoms with E-state index in [0.717, 1.165) is 21.3 Å². The summed E-state index contributed by atoms with van der Waals surface area (Å²) in [5.41, 5.74) is 2.22. The number of ether oxygens (including phenoxy) is 2. The van der Waals surface area contributed by atoms with Gasteiger partial charge in [-0.25, -0.2) is 12.8 Å². The van der Waals surface area contributed by atoms with E-state index in [9.17, 15) is 17.6 Å². The van der Waals surface area contributed by atoms with Gasteiger partial charge in [0, 0.05) is 38.3 Å². The molecule has 1 aliphatic rings. The van der Waals surface area contributed by atoms with Crippen LogP contribution in [-0.4, -0.2) is 80.7 Å². The number of piperazine rings is 1. The first-order valence-electron chi connectivity index (χ1n) is 13.7. The third kappa shape index (κ3) is 7.09. The van der Waals surface area contributed by atoms with Crippen molar-refractivity contribution in [3.05, 3.63) is 96.3 Å². The average Bonchev–Trinajstić information content (AvgIpc) is 3.05. The number of halogens is 1. The largest absolute Gasteiger partial charge is 0.497 e. The number of amides is 1. The van der Waals surface area contributed by atoms with Gasteiger partial charge in [0.15, 0.2) is 5.82 Å². The lowest BCUT2D eigenvalue weighted by molar-refractivity contribution is -0.131. The molecule has 1 amide bonds. The normalized spacial score (nSPS) is 13.7. The molecular weight excluding hydrogens is 573 g/mol. The number of benzene rings is 3. The molecule has 1 saturated heterocycles. The van der Waals surface area contributed by atoms with Crippen LogP contribution >= 0.6 is 0 Å². The predicted octanol–water partition coefficient (Wildman–Crippen LogP) is 3.84. The van der Waals surface area contributed by atoms with Crippen molar-refractivity contribution in [1.29, 1.82) is 0 Å². The first kappa shape index (κ1) is 29.9. The number of hydrogen-bond donors (Lipinski definition) is 0. The highest BCUT2D eigenvalue weighted by atomic mass is 32.2. The molecule has 4 aromatic rings. The maximum Gasteiger partial charge on any atom is 0.243 e. The van der Waals surface area contributed by atoms with Crippen molar-refractivity contribution >= 4 is 21.7 Å². The number of carbonyl (C=O) groups is 1. The number of aromatic nitrogens is 2. The van der Waals surface area contributed by atoms with Crippen LogP contribution in [0, 0.1) is 5.82 Å². The Morgan fingerprint density at radius 3 is 1.98 bits per heavy atom. The zero-order valence-electron chi connectivity index (χ0n) is 23.9. The van der Waals surface area contributed by atoms with Crippen LogP contribution in [0.1, 0.15) is 5.56 Å². The summed E-state index contributed by atoms with van der Waals surface area (Å²) >= 11 is 0. The van der Waals surface area contributed by atoms with E-state index in [1.165, 1.54) is 43.5 Å². The van der Waals surface area contributed by atoms with Gasteiger partial charge in [-0.2, -0.15) is 4.31 Å². The summed E-state index contributed by atoms with van der Waals surface area (Å²) in [6.07, 6.45) is 0. The molecule has 0 N–H and O–H groups in total. The fourth-order valence-corrected chi connectivity index (χ4v) is 6.14. The fraction of sp³-hybridized carbons (Fsp3) is 0.258. The van der Waals surface area contributed by atoms with E-state index in [0.29, 0.717) is 43.3 Å². The van der Waals surface area contributed by atoms with Crippen molar-refractivity contribution in [2.24, 2.45) is 0 Å². The number of nitrogens with zero attached hydrogens (tertiary/aromatic N) is 5. The zero-order chi connectivity index (χ0) is 30.4. The molecule has 10 nitrogen and oxygen atoms in total. The molecule has 0 aliphatic carbocycles. The number of hydrogen-bond acceptors (Lipinski definition) is 8. The van der Waals surface area contributed by atoms with E-state index < -0.39 is 15.8 Å². The fourth-order valence-electron chi connectivity index (χ4n) is 4.76. The highest BCUT2D eigenvalue weighted by molar-refractivity contribution is 7.89. The molecule has 0 bridgehead atoms. The summed E-state index contributed by atoms with van der Waals surface area (Å²) in [6, 6.07) is 22.9. The van der Waals surface area contributed by atoms with Crippen LogP contribution < -0.4 is 14.4 Å². The molecule has 3 aromatic carbocycles. The molecule has 12 heteroatoms. The lowest BCUT2D eigenvalue weighted by Gasteiger charge is -2.36. The van der Waals surface area contributed by atoms with Crippen LogP contribution in [-0.2, 0) is 21.4 Å². The summed E-state index contributed by atoms with van der Waals surface area (Å²) in [7, 11) is -0.943. The van der Waals surface area contributed by atoms with Gasteiger partial charge >= 0.3 is 0 Å². The summed E-state index contributed by atoms with van der Waals surface area (Å²) in [4.78, 5) is 17.1. The van der Waals surface area contributed by atoms with Crippen LogP contribution in [0.5, 0.6) is 11.5 Å². The molecule has 43 heavy (non-hydrogen) atoms. The summed E-state index contributed by atoms with van der Waals surface area (Å²) in [6.45, 7) is 1.39. The topological polar surface area (TPSA) is 105 Å². The Hall–Kier alpha value is -4.55. The van der Waals surface area contributed by atoms with Crippen molar-refractivity contribution < 1.29 is 27.1 Å². The van der Waals surface area contributed by atoms with Gasteiger partial charge in [0.05, 0.1) is 31.4 Å². The number of methoxy groups -OCH3 is 2. The molecule has 1 fully saturated rings. The maximum atomic E-state index is 13.6. The van der Waals surface area contributed by atoms with Gasteiger partial charge in [-0.3, -0.25) is 4.79 Å². The van der Waals surface area contributed by atoms with Crippen LogP contribution in [0.2, 0.25) is 0 Å². The molecule has 5 rings (SSSR count). The average molecular weight is 606 g/mol. The van der Waals surface area contributed by atoms with Gasteiger partial charge in [-0.15, -0.1) is 10.2 Å². The lowest BCUT2D eigenvalue weighted by Crippen LogP contribution is -2.52. The van der Waals surface area contributed by atoms with Gasteiger partial charge in [0.2, 0.25) is 15.9 Å². The Bertz CT molecular complexity index is 1630. The van der Waals surface area contributed by atoms with E-state index in [1.807, 2.05) is 41.3 Å². The predicted molar refractivity (Wildman–Crippen MR) is 160 cm³/mol. The van der Waals surface area contributed by atoms with Gasteiger partial charge < -0.3 is 19.3 Å². The molecular formula is C31H32FN5O5S. The third-order valence-electron chi connectivity index (χ3n) is 7.27. The monoisotopic (exact) mass is 605 g/mol. The molecule has 0 atom stereocenters. The van der Waals surface area contributed by atoms with Crippen LogP contribution in [0.15, 0.2) is 89.8 Å². The standard InChI is InChI=1S/C31H32FN5O5S/c1-41-26-9-5-24(6-10-26)29-15-16-30(34-33-29)35-17-19-36(20-18-35)31(38)22-37(21-23-3-7-25(32)8-4-23)43(39,40)28-13-11-27(42-2)12-14-28/h3-16H,17-22H2,1-2H3. The Morgan fingerprint density at radius 2 is 1.42 bits per heavy atom. The first-order valence-corrected chi connectivity index (χ1v) is 15.1. The second-order valence-electron chi connectivity index (χ2n) is 9.95. The van der Waals surface area contributed by atoms with E-state index >= 15 is 0 Å². The van der Waals surface area contributed by atoms with Crippen molar-refractivity contribution in [3.63, 3.8) is 0 Å². The second-order valence-corrected chi connectivity index (χ2v) is 11.9. The van der Waals surface area contributed by atoms with Crippen LogP contribution in [0.25, 0.3) is 11.3 Å². The van der Waals surface area contributed by atoms with Gasteiger partial charge in [0.1, 0.15) is 17.3 Å². The lowest BCUT2D eigenvalue weighted by atomic mass is 10.1. The number of rotatable bonds is 10. The Morgan fingerprint density at radius 1 is 0.814 bits per heavy atom. The van der Waals surface area contributed by atoms with E-state index in [2.05, 4.69) is 10.2 Å². The Kier molecular flexibility index (Phi) is 9.17. The molecule has 224 valence electrons. The molecule has 2 heterocycles. The van der Waals surface area contributed by atoms with Crippen molar-refractivity contribution in [2.45, 2.75) is 11.4 Å². The van der Waals surface area contributed by atoms with E-state index in [-0.39, 0.29) is 23.9 Å². The molecule has 1 aliphatic heterocycles. The Labute approximate surface area is 250 Å². The zero-order valence-corrected chi connectivity index (χ0v) is 24.7. The van der Waals surface area contributed by atoms with Crippen LogP contribution in [0.4, 0.5) is 10.2 Å². The SMILES string of the molecule is COc1ccc(-c2ccc(N3CCN(C(=O)CN(Cc4ccc(F)cc4)S(=O)(=O)c4ccc(OC)cc4)CC3)nn2)cc1. The minimum Gasteiger partial charge on any atom is -0.497 e. The first-order chi connectivity index (χ1) is 20.8. The third-order valence-corrected chi connectivity index (χ3v) is 9.08.